The molecular formula is C30H32FN6O2+. The SMILES string of the molecule is COc1cc(C2=NC(C3CCN(C)CC3)=C3C=NC=C[N+]23C)ccc1NC(=O)c1cc2c(F)cccc2n1C. The van der Waals surface area contributed by atoms with Gasteiger partial charge >= 0.3 is 0 Å². The molecule has 2 aromatic carbocycles. The second-order valence-electron chi connectivity index (χ2n) is 10.6. The molecule has 0 radical (unpaired) electrons. The highest BCUT2D eigenvalue weighted by molar-refractivity contribution is 6.08. The van der Waals surface area contributed by atoms with Crippen molar-refractivity contribution in [1.29, 1.82) is 0 Å². The number of nitrogens with one attached hydrogen (secondary N) is 1. The molecule has 0 saturated carbocycles. The number of carbonyl (C=O) groups is 1. The molecule has 9 heteroatoms. The molecule has 3 aromatic rings. The van der Waals surface area contributed by atoms with Crippen molar-refractivity contribution in [1.82, 2.24) is 9.47 Å². The van der Waals surface area contributed by atoms with Crippen LogP contribution in [0.2, 0.25) is 0 Å². The third kappa shape index (κ3) is 4.18. The van der Waals surface area contributed by atoms with Crippen LogP contribution in [0.1, 0.15) is 28.9 Å². The predicted molar refractivity (Wildman–Crippen MR) is 151 cm³/mol. The number of methoxy groups -OCH3 is 1. The van der Waals surface area contributed by atoms with Gasteiger partial charge in [-0.25, -0.2) is 8.87 Å². The van der Waals surface area contributed by atoms with E-state index in [1.54, 1.807) is 36.9 Å². The molecule has 0 spiro atoms. The molecule has 6 rings (SSSR count). The number of aliphatic imine (C=N–C) groups is 2. The average Bonchev–Trinajstić information content (AvgIpc) is 3.44. The summed E-state index contributed by atoms with van der Waals surface area (Å²) in [5, 5.41) is 3.35. The van der Waals surface area contributed by atoms with Crippen molar-refractivity contribution in [3.05, 3.63) is 83.3 Å². The van der Waals surface area contributed by atoms with Crippen molar-refractivity contribution in [2.24, 2.45) is 23.0 Å². The first-order valence-corrected chi connectivity index (χ1v) is 13.1. The monoisotopic (exact) mass is 527 g/mol. The van der Waals surface area contributed by atoms with Crippen LogP contribution in [-0.2, 0) is 7.05 Å². The third-order valence-electron chi connectivity index (χ3n) is 8.16. The van der Waals surface area contributed by atoms with Crippen LogP contribution < -0.4 is 10.1 Å². The van der Waals surface area contributed by atoms with E-state index < -0.39 is 0 Å². The van der Waals surface area contributed by atoms with Crippen LogP contribution >= 0.6 is 0 Å². The zero-order chi connectivity index (χ0) is 27.3. The Morgan fingerprint density at radius 3 is 2.69 bits per heavy atom. The summed E-state index contributed by atoms with van der Waals surface area (Å²) in [6.45, 7) is 2.10. The van der Waals surface area contributed by atoms with Gasteiger partial charge in [0, 0.05) is 18.4 Å². The largest absolute Gasteiger partial charge is 0.495 e. The summed E-state index contributed by atoms with van der Waals surface area (Å²) < 4.78 is 22.1. The van der Waals surface area contributed by atoms with Crippen LogP contribution in [0, 0.1) is 11.7 Å². The molecule has 3 aliphatic heterocycles. The zero-order valence-electron chi connectivity index (χ0n) is 22.6. The van der Waals surface area contributed by atoms with E-state index in [0.717, 1.165) is 48.7 Å². The van der Waals surface area contributed by atoms with E-state index in [4.69, 9.17) is 9.73 Å². The van der Waals surface area contributed by atoms with E-state index in [1.807, 2.05) is 30.6 Å². The van der Waals surface area contributed by atoms with Crippen LogP contribution in [0.5, 0.6) is 5.75 Å². The highest BCUT2D eigenvalue weighted by Crippen LogP contribution is 2.40. The van der Waals surface area contributed by atoms with Gasteiger partial charge < -0.3 is 19.5 Å². The Morgan fingerprint density at radius 2 is 1.95 bits per heavy atom. The fraction of sp³-hybridized carbons (Fsp3) is 0.300. The standard InChI is InChI=1S/C30H31FN6O2/c1-35-13-10-19(11-14-35)28-26-18-32-12-15-37(26,3)29(34-28)20-8-9-23(27(16-20)39-4)33-30(38)25-17-21-22(31)6-5-7-24(21)36(25)2/h5-9,12,15-19H,10-11,13-14H2,1-4H3/p+1. The molecule has 1 fully saturated rings. The number of aryl methyl sites for hydroxylation is 1. The number of piperidine rings is 1. The Hall–Kier alpha value is -4.08. The minimum Gasteiger partial charge on any atom is -0.495 e. The molecule has 4 heterocycles. The number of carbonyl (C=O) groups excluding carboxylic acids is 1. The molecule has 200 valence electrons. The summed E-state index contributed by atoms with van der Waals surface area (Å²) in [6, 6.07) is 12.1. The number of halogens is 1. The number of nitrogens with zero attached hydrogens (tertiary/aromatic N) is 5. The van der Waals surface area contributed by atoms with E-state index in [-0.39, 0.29) is 11.7 Å². The normalized spacial score (nSPS) is 21.4. The number of hydrogen-bond donors (Lipinski definition) is 1. The summed E-state index contributed by atoms with van der Waals surface area (Å²) in [5.74, 6) is 1.09. The van der Waals surface area contributed by atoms with E-state index in [2.05, 4.69) is 35.5 Å². The molecule has 0 bridgehead atoms. The van der Waals surface area contributed by atoms with Gasteiger partial charge in [0.2, 0.25) is 5.84 Å². The predicted octanol–water partition coefficient (Wildman–Crippen LogP) is 4.89. The number of anilines is 1. The van der Waals surface area contributed by atoms with E-state index in [1.165, 1.54) is 6.07 Å². The number of allylic oxidation sites excluding steroid dienone is 2. The number of quaternary nitrogens is 1. The van der Waals surface area contributed by atoms with Crippen molar-refractivity contribution in [2.45, 2.75) is 12.8 Å². The summed E-state index contributed by atoms with van der Waals surface area (Å²) in [7, 11) is 7.61. The molecule has 1 aromatic heterocycles. The number of ether oxygens (including phenoxy) is 1. The lowest BCUT2D eigenvalue weighted by Gasteiger charge is -2.30. The lowest BCUT2D eigenvalue weighted by molar-refractivity contribution is -0.713. The Labute approximate surface area is 227 Å². The van der Waals surface area contributed by atoms with Gasteiger partial charge in [-0.1, -0.05) is 6.07 Å². The number of benzene rings is 2. The van der Waals surface area contributed by atoms with Crippen molar-refractivity contribution in [2.75, 3.05) is 39.6 Å². The molecule has 1 atom stereocenters. The molecular weight excluding hydrogens is 495 g/mol. The number of fused-ring (bicyclic) bond motifs is 2. The number of amidine groups is 1. The zero-order valence-corrected chi connectivity index (χ0v) is 22.6. The van der Waals surface area contributed by atoms with Gasteiger partial charge in [-0.3, -0.25) is 9.79 Å². The fourth-order valence-electron chi connectivity index (χ4n) is 5.83. The Kier molecular flexibility index (Phi) is 6.20. The Balaban J connectivity index is 1.32. The summed E-state index contributed by atoms with van der Waals surface area (Å²) >= 11 is 0. The molecule has 8 nitrogen and oxygen atoms in total. The van der Waals surface area contributed by atoms with E-state index in [9.17, 15) is 9.18 Å². The van der Waals surface area contributed by atoms with E-state index >= 15 is 0 Å². The number of amides is 1. The van der Waals surface area contributed by atoms with E-state index in [0.29, 0.717) is 38.4 Å². The molecule has 3 aliphatic rings. The highest BCUT2D eigenvalue weighted by Gasteiger charge is 2.44. The Morgan fingerprint density at radius 1 is 1.15 bits per heavy atom. The van der Waals surface area contributed by atoms with Gasteiger partial charge in [0.15, 0.2) is 5.70 Å². The quantitative estimate of drug-likeness (QED) is 0.480. The summed E-state index contributed by atoms with van der Waals surface area (Å²) in [4.78, 5) is 25.2. The summed E-state index contributed by atoms with van der Waals surface area (Å²) in [6.07, 6.45) is 7.93. The van der Waals surface area contributed by atoms with Crippen LogP contribution in [0.3, 0.4) is 0 Å². The minimum absolute atomic E-state index is 0.347. The van der Waals surface area contributed by atoms with Crippen LogP contribution in [0.15, 0.2) is 76.2 Å². The number of rotatable bonds is 5. The minimum atomic E-state index is -0.359. The van der Waals surface area contributed by atoms with Gasteiger partial charge in [0.05, 0.1) is 43.3 Å². The third-order valence-corrected chi connectivity index (χ3v) is 8.16. The molecule has 39 heavy (non-hydrogen) atoms. The number of aromatic nitrogens is 1. The summed E-state index contributed by atoms with van der Waals surface area (Å²) in [5.41, 5.74) is 4.64. The molecule has 0 aliphatic carbocycles. The number of hydrogen-bond acceptors (Lipinski definition) is 5. The second kappa shape index (κ2) is 9.59. The maximum atomic E-state index is 14.3. The van der Waals surface area contributed by atoms with Crippen LogP contribution in [0.25, 0.3) is 10.9 Å². The maximum absolute atomic E-state index is 14.3. The van der Waals surface area contributed by atoms with Crippen LogP contribution in [-0.4, -0.2) is 66.2 Å². The van der Waals surface area contributed by atoms with Gasteiger partial charge in [-0.05, 0) is 69.4 Å². The van der Waals surface area contributed by atoms with Crippen molar-refractivity contribution < 1.29 is 18.4 Å². The first-order valence-electron chi connectivity index (χ1n) is 13.1. The van der Waals surface area contributed by atoms with Gasteiger partial charge in [-0.15, -0.1) is 0 Å². The lowest BCUT2D eigenvalue weighted by Crippen LogP contribution is -2.43. The lowest BCUT2D eigenvalue weighted by atomic mass is 9.92. The van der Waals surface area contributed by atoms with Crippen molar-refractivity contribution >= 4 is 34.5 Å². The Bertz CT molecular complexity index is 1610. The van der Waals surface area contributed by atoms with Gasteiger partial charge in [0.1, 0.15) is 29.2 Å². The molecule has 1 unspecified atom stereocenters. The van der Waals surface area contributed by atoms with Gasteiger partial charge in [-0.2, -0.15) is 4.99 Å². The molecule has 1 N–H and O–H groups in total. The second-order valence-corrected chi connectivity index (χ2v) is 10.6. The average molecular weight is 528 g/mol. The highest BCUT2D eigenvalue weighted by atomic mass is 19.1. The molecule has 1 amide bonds. The smallest absolute Gasteiger partial charge is 0.272 e. The van der Waals surface area contributed by atoms with Crippen molar-refractivity contribution in [3.8, 4) is 5.75 Å². The topological polar surface area (TPSA) is 71.2 Å². The molecule has 1 saturated heterocycles. The number of likely N-dealkylation sites (tertiary alicyclic amines) is 1. The first kappa shape index (κ1) is 25.2. The van der Waals surface area contributed by atoms with Gasteiger partial charge in [0.25, 0.3) is 5.91 Å². The first-order chi connectivity index (χ1) is 18.8. The van der Waals surface area contributed by atoms with Crippen LogP contribution in [0.4, 0.5) is 10.1 Å². The fourth-order valence-corrected chi connectivity index (χ4v) is 5.83. The van der Waals surface area contributed by atoms with Crippen molar-refractivity contribution in [3.63, 3.8) is 0 Å². The maximum Gasteiger partial charge on any atom is 0.272 e.